The standard InChI is InChI=1S/C16H17N5OS2/c1-3-7-13-19-20-15(24-13)18-14(22)12-10-17-16(23-2)21(12)11-8-5-4-6-9-11/h4-6,8-10H,3,7H2,1-2H3,(H,18,20,22). The molecule has 0 aliphatic heterocycles. The Morgan fingerprint density at radius 1 is 1.29 bits per heavy atom. The van der Waals surface area contributed by atoms with Crippen LogP contribution in [0.25, 0.3) is 5.69 Å². The summed E-state index contributed by atoms with van der Waals surface area (Å²) in [5.74, 6) is -0.245. The van der Waals surface area contributed by atoms with Gasteiger partial charge >= 0.3 is 0 Å². The van der Waals surface area contributed by atoms with Crippen molar-refractivity contribution < 1.29 is 4.79 Å². The quantitative estimate of drug-likeness (QED) is 0.680. The summed E-state index contributed by atoms with van der Waals surface area (Å²) in [6.45, 7) is 2.09. The molecular formula is C16H17N5OS2. The first kappa shape index (κ1) is 16.7. The van der Waals surface area contributed by atoms with Crippen molar-refractivity contribution in [2.24, 2.45) is 0 Å². The first-order chi connectivity index (χ1) is 11.7. The van der Waals surface area contributed by atoms with Gasteiger partial charge in [-0.2, -0.15) is 0 Å². The number of carbonyl (C=O) groups is 1. The average Bonchev–Trinajstić information content (AvgIpc) is 3.22. The molecule has 8 heteroatoms. The summed E-state index contributed by atoms with van der Waals surface area (Å²) in [5.41, 5.74) is 1.37. The van der Waals surface area contributed by atoms with Crippen LogP contribution in [-0.2, 0) is 6.42 Å². The molecular weight excluding hydrogens is 342 g/mol. The fourth-order valence-electron chi connectivity index (χ4n) is 2.25. The van der Waals surface area contributed by atoms with E-state index in [1.165, 1.54) is 23.1 Å². The number of hydrogen-bond donors (Lipinski definition) is 1. The second-order valence-corrected chi connectivity index (χ2v) is 6.84. The van der Waals surface area contributed by atoms with E-state index in [0.29, 0.717) is 10.8 Å². The van der Waals surface area contributed by atoms with Crippen LogP contribution in [0.5, 0.6) is 0 Å². The van der Waals surface area contributed by atoms with E-state index in [2.05, 4.69) is 27.4 Å². The minimum absolute atomic E-state index is 0.245. The lowest BCUT2D eigenvalue weighted by atomic mass is 10.3. The zero-order valence-corrected chi connectivity index (χ0v) is 15.0. The Morgan fingerprint density at radius 2 is 2.08 bits per heavy atom. The fourth-order valence-corrected chi connectivity index (χ4v) is 3.63. The number of thioether (sulfide) groups is 1. The van der Waals surface area contributed by atoms with Gasteiger partial charge in [0.25, 0.3) is 5.91 Å². The number of nitrogens with zero attached hydrogens (tertiary/aromatic N) is 4. The molecule has 2 heterocycles. The van der Waals surface area contributed by atoms with Crippen LogP contribution in [0, 0.1) is 0 Å². The van der Waals surface area contributed by atoms with Crippen LogP contribution in [0.1, 0.15) is 28.8 Å². The summed E-state index contributed by atoms with van der Waals surface area (Å²) >= 11 is 2.90. The number of benzene rings is 1. The molecule has 0 aliphatic carbocycles. The zero-order chi connectivity index (χ0) is 16.9. The van der Waals surface area contributed by atoms with Gasteiger partial charge in [0.2, 0.25) is 5.13 Å². The van der Waals surface area contributed by atoms with E-state index in [0.717, 1.165) is 28.7 Å². The highest BCUT2D eigenvalue weighted by Crippen LogP contribution is 2.23. The maximum absolute atomic E-state index is 12.7. The van der Waals surface area contributed by atoms with E-state index in [4.69, 9.17) is 0 Å². The second-order valence-electron chi connectivity index (χ2n) is 5.01. The zero-order valence-electron chi connectivity index (χ0n) is 13.4. The van der Waals surface area contributed by atoms with Crippen LogP contribution in [0.15, 0.2) is 41.7 Å². The number of aromatic nitrogens is 4. The van der Waals surface area contributed by atoms with E-state index in [9.17, 15) is 4.79 Å². The van der Waals surface area contributed by atoms with Gasteiger partial charge in [-0.05, 0) is 24.8 Å². The Bertz CT molecular complexity index is 828. The number of anilines is 1. The Balaban J connectivity index is 1.88. The van der Waals surface area contributed by atoms with Crippen molar-refractivity contribution in [3.8, 4) is 5.69 Å². The van der Waals surface area contributed by atoms with Crippen LogP contribution in [0.3, 0.4) is 0 Å². The molecule has 1 aromatic carbocycles. The topological polar surface area (TPSA) is 72.7 Å². The summed E-state index contributed by atoms with van der Waals surface area (Å²) < 4.78 is 1.84. The molecule has 124 valence electrons. The van der Waals surface area contributed by atoms with Crippen molar-refractivity contribution in [1.82, 2.24) is 19.7 Å². The van der Waals surface area contributed by atoms with E-state index < -0.39 is 0 Å². The smallest absolute Gasteiger partial charge is 0.276 e. The molecule has 1 amide bonds. The van der Waals surface area contributed by atoms with E-state index in [-0.39, 0.29) is 5.91 Å². The largest absolute Gasteiger partial charge is 0.295 e. The molecule has 1 N–H and O–H groups in total. The van der Waals surface area contributed by atoms with Gasteiger partial charge in [0.05, 0.1) is 6.20 Å². The predicted octanol–water partition coefficient (Wildman–Crippen LogP) is 3.65. The van der Waals surface area contributed by atoms with Crippen molar-refractivity contribution >= 4 is 34.1 Å². The summed E-state index contributed by atoms with van der Waals surface area (Å²) in [7, 11) is 0. The molecule has 0 aliphatic rings. The molecule has 0 saturated heterocycles. The molecule has 0 atom stereocenters. The number of para-hydroxylation sites is 1. The lowest BCUT2D eigenvalue weighted by molar-refractivity contribution is 0.102. The van der Waals surface area contributed by atoms with E-state index >= 15 is 0 Å². The highest BCUT2D eigenvalue weighted by atomic mass is 32.2. The number of amides is 1. The Labute approximate surface area is 148 Å². The third kappa shape index (κ3) is 3.49. The van der Waals surface area contributed by atoms with E-state index in [1.54, 1.807) is 6.20 Å². The normalized spacial score (nSPS) is 10.8. The van der Waals surface area contributed by atoms with Crippen molar-refractivity contribution in [2.45, 2.75) is 24.9 Å². The molecule has 2 aromatic heterocycles. The predicted molar refractivity (Wildman–Crippen MR) is 97.2 cm³/mol. The third-order valence-corrected chi connectivity index (χ3v) is 4.86. The average molecular weight is 359 g/mol. The SMILES string of the molecule is CCCc1nnc(NC(=O)c2cnc(SC)n2-c2ccccc2)s1. The molecule has 0 saturated carbocycles. The monoisotopic (exact) mass is 359 g/mol. The second kappa shape index (κ2) is 7.59. The van der Waals surface area contributed by atoms with Crippen LogP contribution in [0.2, 0.25) is 0 Å². The summed E-state index contributed by atoms with van der Waals surface area (Å²) in [6.07, 6.45) is 5.39. The Kier molecular flexibility index (Phi) is 5.27. The van der Waals surface area contributed by atoms with Crippen LogP contribution in [-0.4, -0.2) is 31.9 Å². The molecule has 3 aromatic rings. The van der Waals surface area contributed by atoms with Gasteiger partial charge in [-0.25, -0.2) is 4.98 Å². The van der Waals surface area contributed by atoms with Gasteiger partial charge < -0.3 is 0 Å². The van der Waals surface area contributed by atoms with Crippen molar-refractivity contribution in [2.75, 3.05) is 11.6 Å². The maximum atomic E-state index is 12.7. The number of imidazole rings is 1. The maximum Gasteiger partial charge on any atom is 0.276 e. The summed E-state index contributed by atoms with van der Waals surface area (Å²) in [4.78, 5) is 17.0. The molecule has 0 spiro atoms. The number of nitrogens with one attached hydrogen (secondary N) is 1. The summed E-state index contributed by atoms with van der Waals surface area (Å²) in [6, 6.07) is 9.70. The first-order valence-electron chi connectivity index (χ1n) is 7.53. The molecule has 0 fully saturated rings. The highest BCUT2D eigenvalue weighted by molar-refractivity contribution is 7.98. The third-order valence-electron chi connectivity index (χ3n) is 3.31. The van der Waals surface area contributed by atoms with Crippen molar-refractivity contribution in [3.05, 3.63) is 47.2 Å². The number of rotatable bonds is 6. The molecule has 0 bridgehead atoms. The number of hydrogen-bond acceptors (Lipinski definition) is 6. The van der Waals surface area contributed by atoms with Crippen LogP contribution < -0.4 is 5.32 Å². The highest BCUT2D eigenvalue weighted by Gasteiger charge is 2.19. The summed E-state index contributed by atoms with van der Waals surface area (Å²) in [5, 5.41) is 13.1. The van der Waals surface area contributed by atoms with Gasteiger partial charge in [-0.1, -0.05) is 48.2 Å². The fraction of sp³-hybridized carbons (Fsp3) is 0.250. The van der Waals surface area contributed by atoms with Crippen LogP contribution >= 0.6 is 23.1 Å². The van der Waals surface area contributed by atoms with Gasteiger partial charge in [0, 0.05) is 12.1 Å². The molecule has 3 rings (SSSR count). The minimum Gasteiger partial charge on any atom is -0.295 e. The van der Waals surface area contributed by atoms with Gasteiger partial charge in [-0.3, -0.25) is 14.7 Å². The van der Waals surface area contributed by atoms with Crippen molar-refractivity contribution in [3.63, 3.8) is 0 Å². The van der Waals surface area contributed by atoms with Crippen LogP contribution in [0.4, 0.5) is 5.13 Å². The lowest BCUT2D eigenvalue weighted by Crippen LogP contribution is -2.16. The van der Waals surface area contributed by atoms with E-state index in [1.807, 2.05) is 41.2 Å². The first-order valence-corrected chi connectivity index (χ1v) is 9.58. The lowest BCUT2D eigenvalue weighted by Gasteiger charge is -2.10. The van der Waals surface area contributed by atoms with Gasteiger partial charge in [0.1, 0.15) is 10.7 Å². The molecule has 0 unspecified atom stereocenters. The Morgan fingerprint density at radius 3 is 2.79 bits per heavy atom. The van der Waals surface area contributed by atoms with Gasteiger partial charge in [-0.15, -0.1) is 10.2 Å². The molecule has 24 heavy (non-hydrogen) atoms. The minimum atomic E-state index is -0.245. The van der Waals surface area contributed by atoms with Crippen molar-refractivity contribution in [1.29, 1.82) is 0 Å². The molecule has 0 radical (unpaired) electrons. The van der Waals surface area contributed by atoms with Gasteiger partial charge in [0.15, 0.2) is 5.16 Å². The molecule has 6 nitrogen and oxygen atoms in total. The number of carbonyl (C=O) groups excluding carboxylic acids is 1. The number of aryl methyl sites for hydroxylation is 1. The Hall–Kier alpha value is -2.19.